The van der Waals surface area contributed by atoms with Crippen molar-refractivity contribution in [3.63, 3.8) is 0 Å². The van der Waals surface area contributed by atoms with Crippen LogP contribution in [0.3, 0.4) is 0 Å². The Hall–Kier alpha value is -3.68. The summed E-state index contributed by atoms with van der Waals surface area (Å²) in [5.41, 5.74) is 3.15. The molecule has 0 unspecified atom stereocenters. The average molecular weight is 495 g/mol. The molecule has 0 radical (unpaired) electrons. The number of esters is 1. The predicted molar refractivity (Wildman–Crippen MR) is 151 cm³/mol. The van der Waals surface area contributed by atoms with Gasteiger partial charge in [-0.05, 0) is 56.0 Å². The molecule has 0 fully saturated rings. The van der Waals surface area contributed by atoms with Crippen molar-refractivity contribution in [1.82, 2.24) is 0 Å². The molecule has 0 aliphatic heterocycles. The van der Waals surface area contributed by atoms with Crippen molar-refractivity contribution < 1.29 is 14.1 Å². The molecule has 0 N–H and O–H groups in total. The lowest BCUT2D eigenvalue weighted by Crippen LogP contribution is -2.26. The fourth-order valence-electron chi connectivity index (χ4n) is 4.35. The van der Waals surface area contributed by atoms with Crippen molar-refractivity contribution in [1.29, 1.82) is 0 Å². The summed E-state index contributed by atoms with van der Waals surface area (Å²) in [4.78, 5) is 12.4. The van der Waals surface area contributed by atoms with Gasteiger partial charge in [0.05, 0.1) is 0 Å². The number of rotatable bonds is 6. The summed E-state index contributed by atoms with van der Waals surface area (Å²) in [6.45, 7) is 7.57. The predicted octanol–water partition coefficient (Wildman–Crippen LogP) is 6.66. The van der Waals surface area contributed by atoms with Crippen LogP contribution in [0.1, 0.15) is 31.9 Å². The monoisotopic (exact) mass is 494 g/mol. The zero-order valence-electron chi connectivity index (χ0n) is 21.1. The molecule has 0 heterocycles. The van der Waals surface area contributed by atoms with Crippen LogP contribution in [0.4, 0.5) is 0 Å². The van der Waals surface area contributed by atoms with Crippen LogP contribution in [0.5, 0.6) is 0 Å². The van der Waals surface area contributed by atoms with Crippen LogP contribution in [-0.2, 0) is 14.1 Å². The minimum Gasteiger partial charge on any atom is -0.457 e. The Morgan fingerprint density at radius 3 is 1.89 bits per heavy atom. The van der Waals surface area contributed by atoms with Crippen LogP contribution in [0.2, 0.25) is 0 Å². The van der Waals surface area contributed by atoms with Gasteiger partial charge in [-0.1, -0.05) is 103 Å². The molecule has 0 aliphatic carbocycles. The van der Waals surface area contributed by atoms with E-state index in [-0.39, 0.29) is 0 Å². The van der Waals surface area contributed by atoms with Crippen LogP contribution in [0, 0.1) is 6.92 Å². The average Bonchev–Trinajstić information content (AvgIpc) is 2.87. The van der Waals surface area contributed by atoms with E-state index in [0.717, 1.165) is 38.2 Å². The topological polar surface area (TPSA) is 43.4 Å². The highest BCUT2D eigenvalue weighted by Crippen LogP contribution is 2.46. The lowest BCUT2D eigenvalue weighted by molar-refractivity contribution is -0.148. The van der Waals surface area contributed by atoms with Crippen molar-refractivity contribution in [2.75, 3.05) is 0 Å². The third-order valence-electron chi connectivity index (χ3n) is 5.86. The zero-order valence-corrected chi connectivity index (χ0v) is 22.0. The molecule has 0 aliphatic rings. The second-order valence-electron chi connectivity index (χ2n) is 9.70. The van der Waals surface area contributed by atoms with E-state index in [2.05, 4.69) is 0 Å². The summed E-state index contributed by atoms with van der Waals surface area (Å²) in [5.74, 6) is -0.400. The highest BCUT2D eigenvalue weighted by molar-refractivity contribution is 7.85. The lowest BCUT2D eigenvalue weighted by Gasteiger charge is -2.24. The van der Waals surface area contributed by atoms with E-state index in [9.17, 15) is 4.79 Å². The molecule has 4 aromatic rings. The van der Waals surface area contributed by atoms with Gasteiger partial charge in [0.15, 0.2) is 7.14 Å². The van der Waals surface area contributed by atoms with Gasteiger partial charge < -0.3 is 9.30 Å². The Kier molecular flexibility index (Phi) is 7.43. The molecule has 36 heavy (non-hydrogen) atoms. The van der Waals surface area contributed by atoms with E-state index >= 15 is 4.57 Å². The number of benzene rings is 4. The van der Waals surface area contributed by atoms with E-state index in [4.69, 9.17) is 4.74 Å². The van der Waals surface area contributed by atoms with Crippen molar-refractivity contribution in [2.24, 2.45) is 0 Å². The normalized spacial score (nSPS) is 12.0. The van der Waals surface area contributed by atoms with E-state index in [1.54, 1.807) is 6.08 Å². The molecule has 0 saturated heterocycles. The molecule has 0 bridgehead atoms. The van der Waals surface area contributed by atoms with Crippen LogP contribution < -0.4 is 15.9 Å². The molecule has 0 spiro atoms. The molecule has 0 atom stereocenters. The van der Waals surface area contributed by atoms with E-state index in [0.29, 0.717) is 0 Å². The van der Waals surface area contributed by atoms with Crippen LogP contribution in [0.15, 0.2) is 109 Å². The minimum atomic E-state index is -3.20. The van der Waals surface area contributed by atoms with E-state index < -0.39 is 18.7 Å². The second-order valence-corrected chi connectivity index (χ2v) is 12.4. The molecule has 0 aromatic heterocycles. The number of carbonyl (C=O) groups excluding carboxylic acids is 1. The second kappa shape index (κ2) is 10.5. The highest BCUT2D eigenvalue weighted by Gasteiger charge is 2.32. The number of hydrogen-bond acceptors (Lipinski definition) is 3. The van der Waals surface area contributed by atoms with Crippen molar-refractivity contribution >= 4 is 35.1 Å². The molecule has 182 valence electrons. The smallest absolute Gasteiger partial charge is 0.331 e. The molecular weight excluding hydrogens is 463 g/mol. The first-order chi connectivity index (χ1) is 17.2. The standard InChI is InChI=1S/C32H31O3P/c1-24-14-13-15-25(22-23-30(33)35-32(2,3)4)31(24)28-20-11-12-21-29(28)36(34,26-16-7-5-8-17-26)27-18-9-6-10-19-27/h5-23H,1-4H3/b23-22+. The molecule has 4 heteroatoms. The number of ether oxygens (including phenoxy) is 1. The SMILES string of the molecule is Cc1cccc(/C=C/C(=O)OC(C)(C)C)c1-c1ccccc1P(=O)(c1ccccc1)c1ccccc1. The summed E-state index contributed by atoms with van der Waals surface area (Å²) in [5, 5.41) is 2.33. The molecule has 4 rings (SSSR count). The van der Waals surface area contributed by atoms with Gasteiger partial charge in [-0.3, -0.25) is 0 Å². The maximum Gasteiger partial charge on any atom is 0.331 e. The van der Waals surface area contributed by atoms with Gasteiger partial charge in [0.25, 0.3) is 0 Å². The van der Waals surface area contributed by atoms with Gasteiger partial charge in [-0.15, -0.1) is 0 Å². The third-order valence-corrected chi connectivity index (χ3v) is 8.98. The van der Waals surface area contributed by atoms with Gasteiger partial charge in [-0.25, -0.2) is 4.79 Å². The highest BCUT2D eigenvalue weighted by atomic mass is 31.2. The van der Waals surface area contributed by atoms with Gasteiger partial charge in [0.1, 0.15) is 5.60 Å². The first kappa shape index (κ1) is 25.4. The zero-order chi connectivity index (χ0) is 25.8. The van der Waals surface area contributed by atoms with Gasteiger partial charge in [0.2, 0.25) is 0 Å². The van der Waals surface area contributed by atoms with Crippen molar-refractivity contribution in [3.05, 3.63) is 120 Å². The Balaban J connectivity index is 1.93. The summed E-state index contributed by atoms with van der Waals surface area (Å²) < 4.78 is 20.6. The van der Waals surface area contributed by atoms with Gasteiger partial charge in [0, 0.05) is 22.0 Å². The largest absolute Gasteiger partial charge is 0.457 e. The maximum atomic E-state index is 15.2. The lowest BCUT2D eigenvalue weighted by atomic mass is 9.94. The van der Waals surface area contributed by atoms with E-state index in [1.807, 2.05) is 131 Å². The fourth-order valence-corrected chi connectivity index (χ4v) is 7.21. The van der Waals surface area contributed by atoms with Crippen LogP contribution >= 0.6 is 7.14 Å². The number of carbonyl (C=O) groups is 1. The van der Waals surface area contributed by atoms with Crippen molar-refractivity contribution in [3.8, 4) is 11.1 Å². The summed E-state index contributed by atoms with van der Waals surface area (Å²) in [6.07, 6.45) is 3.24. The molecule has 3 nitrogen and oxygen atoms in total. The number of aryl methyl sites for hydroxylation is 1. The Labute approximate surface area is 213 Å². The Bertz CT molecular complexity index is 1390. The first-order valence-corrected chi connectivity index (χ1v) is 13.7. The van der Waals surface area contributed by atoms with Crippen molar-refractivity contribution in [2.45, 2.75) is 33.3 Å². The Morgan fingerprint density at radius 1 is 0.750 bits per heavy atom. The van der Waals surface area contributed by atoms with Gasteiger partial charge >= 0.3 is 5.97 Å². The quantitative estimate of drug-likeness (QED) is 0.171. The van der Waals surface area contributed by atoms with Gasteiger partial charge in [-0.2, -0.15) is 0 Å². The van der Waals surface area contributed by atoms with Crippen LogP contribution in [-0.4, -0.2) is 11.6 Å². The fraction of sp³-hybridized carbons (Fsp3) is 0.156. The Morgan fingerprint density at radius 2 is 1.31 bits per heavy atom. The third kappa shape index (κ3) is 5.42. The van der Waals surface area contributed by atoms with Crippen LogP contribution in [0.25, 0.3) is 17.2 Å². The molecule has 4 aromatic carbocycles. The molecular formula is C32H31O3P. The first-order valence-electron chi connectivity index (χ1n) is 12.0. The summed E-state index contributed by atoms with van der Waals surface area (Å²) in [7, 11) is -3.20. The minimum absolute atomic E-state index is 0.400. The van der Waals surface area contributed by atoms with E-state index in [1.165, 1.54) is 6.08 Å². The molecule has 0 saturated carbocycles. The summed E-state index contributed by atoms with van der Waals surface area (Å²) >= 11 is 0. The maximum absolute atomic E-state index is 15.2. The summed E-state index contributed by atoms with van der Waals surface area (Å²) in [6, 6.07) is 33.2. The number of hydrogen-bond donors (Lipinski definition) is 0. The molecule has 0 amide bonds.